The molecule has 1 heterocycles. The molecule has 2 N–H and O–H groups in total. The van der Waals surface area contributed by atoms with Crippen LogP contribution in [0.15, 0.2) is 24.3 Å². The van der Waals surface area contributed by atoms with Crippen molar-refractivity contribution >= 4 is 17.2 Å². The highest BCUT2D eigenvalue weighted by molar-refractivity contribution is 7.80. The minimum absolute atomic E-state index is 0.323. The average Bonchev–Trinajstić information content (AvgIpc) is 2.68. The van der Waals surface area contributed by atoms with Gasteiger partial charge >= 0.3 is 0 Å². The van der Waals surface area contributed by atoms with Gasteiger partial charge in [-0.3, -0.25) is 0 Å². The van der Waals surface area contributed by atoms with Gasteiger partial charge in [-0.25, -0.2) is 0 Å². The SMILES string of the molecule is CC1CN(CCCOc2ccccc2C(N)=S)CCCO1. The molecule has 1 saturated heterocycles. The van der Waals surface area contributed by atoms with Crippen LogP contribution in [0.4, 0.5) is 0 Å². The predicted octanol–water partition coefficient (Wildman–Crippen LogP) is 2.20. The van der Waals surface area contributed by atoms with E-state index >= 15 is 0 Å². The lowest BCUT2D eigenvalue weighted by Gasteiger charge is -2.21. The fourth-order valence-electron chi connectivity index (χ4n) is 2.55. The predicted molar refractivity (Wildman–Crippen MR) is 88.9 cm³/mol. The van der Waals surface area contributed by atoms with Gasteiger partial charge in [-0.2, -0.15) is 0 Å². The molecular weight excluding hydrogens is 284 g/mol. The summed E-state index contributed by atoms with van der Waals surface area (Å²) in [5.41, 5.74) is 6.51. The molecule has 0 saturated carbocycles. The minimum atomic E-state index is 0.323. The monoisotopic (exact) mass is 308 g/mol. The van der Waals surface area contributed by atoms with Crippen molar-refractivity contribution in [2.45, 2.75) is 25.9 Å². The lowest BCUT2D eigenvalue weighted by Crippen LogP contribution is -2.31. The molecule has 0 aliphatic carbocycles. The van der Waals surface area contributed by atoms with Crippen LogP contribution in [0, 0.1) is 0 Å². The van der Waals surface area contributed by atoms with Gasteiger partial charge in [0.05, 0.1) is 18.3 Å². The molecule has 5 heteroatoms. The maximum Gasteiger partial charge on any atom is 0.129 e. The van der Waals surface area contributed by atoms with Crippen LogP contribution in [0.5, 0.6) is 5.75 Å². The minimum Gasteiger partial charge on any atom is -0.493 e. The van der Waals surface area contributed by atoms with E-state index in [2.05, 4.69) is 11.8 Å². The summed E-state index contributed by atoms with van der Waals surface area (Å²) in [5.74, 6) is 0.776. The van der Waals surface area contributed by atoms with Crippen molar-refractivity contribution in [2.75, 3.05) is 32.8 Å². The van der Waals surface area contributed by atoms with Crippen LogP contribution in [0.3, 0.4) is 0 Å². The second kappa shape index (κ2) is 8.32. The molecule has 1 unspecified atom stereocenters. The molecule has 0 radical (unpaired) electrons. The van der Waals surface area contributed by atoms with Crippen LogP contribution >= 0.6 is 12.2 Å². The Balaban J connectivity index is 1.76. The Morgan fingerprint density at radius 2 is 2.29 bits per heavy atom. The smallest absolute Gasteiger partial charge is 0.129 e. The van der Waals surface area contributed by atoms with Gasteiger partial charge in [0.15, 0.2) is 0 Å². The lowest BCUT2D eigenvalue weighted by atomic mass is 10.2. The number of para-hydroxylation sites is 1. The molecule has 1 aromatic rings. The van der Waals surface area contributed by atoms with E-state index in [1.165, 1.54) is 0 Å². The van der Waals surface area contributed by atoms with Gasteiger partial charge in [0.1, 0.15) is 10.7 Å². The highest BCUT2D eigenvalue weighted by Crippen LogP contribution is 2.18. The van der Waals surface area contributed by atoms with Crippen molar-refractivity contribution < 1.29 is 9.47 Å². The van der Waals surface area contributed by atoms with Gasteiger partial charge < -0.3 is 20.1 Å². The second-order valence-corrected chi connectivity index (χ2v) is 5.84. The largest absolute Gasteiger partial charge is 0.493 e. The first-order chi connectivity index (χ1) is 10.2. The van der Waals surface area contributed by atoms with E-state index in [1.807, 2.05) is 24.3 Å². The van der Waals surface area contributed by atoms with Gasteiger partial charge in [-0.1, -0.05) is 24.4 Å². The number of nitrogens with zero attached hydrogens (tertiary/aromatic N) is 1. The van der Waals surface area contributed by atoms with Crippen molar-refractivity contribution in [2.24, 2.45) is 5.73 Å². The second-order valence-electron chi connectivity index (χ2n) is 5.40. The van der Waals surface area contributed by atoms with Crippen molar-refractivity contribution in [3.8, 4) is 5.75 Å². The topological polar surface area (TPSA) is 47.7 Å². The van der Waals surface area contributed by atoms with Crippen molar-refractivity contribution in [1.29, 1.82) is 0 Å². The third-order valence-corrected chi connectivity index (χ3v) is 3.79. The summed E-state index contributed by atoms with van der Waals surface area (Å²) in [6, 6.07) is 7.66. The third-order valence-electron chi connectivity index (χ3n) is 3.57. The average molecular weight is 308 g/mol. The lowest BCUT2D eigenvalue weighted by molar-refractivity contribution is 0.0670. The summed E-state index contributed by atoms with van der Waals surface area (Å²) in [5, 5.41) is 0. The third kappa shape index (κ3) is 5.26. The maximum absolute atomic E-state index is 5.82. The summed E-state index contributed by atoms with van der Waals surface area (Å²) in [4.78, 5) is 2.82. The standard InChI is InChI=1S/C16H24N2O2S/c1-13-12-18(8-4-10-19-13)9-5-11-20-15-7-3-2-6-14(15)16(17)21/h2-3,6-7,13H,4-5,8-12H2,1H3,(H2,17,21). The molecule has 0 spiro atoms. The zero-order chi connectivity index (χ0) is 15.1. The van der Waals surface area contributed by atoms with Crippen LogP contribution < -0.4 is 10.5 Å². The normalized spacial score (nSPS) is 20.0. The number of rotatable bonds is 6. The molecule has 2 rings (SSSR count). The summed E-state index contributed by atoms with van der Waals surface area (Å²) < 4.78 is 11.5. The first-order valence-electron chi connectivity index (χ1n) is 7.52. The fourth-order valence-corrected chi connectivity index (χ4v) is 2.72. The Kier molecular flexibility index (Phi) is 6.42. The summed E-state index contributed by atoms with van der Waals surface area (Å²) >= 11 is 5.03. The molecule has 1 aliphatic rings. The molecular formula is C16H24N2O2S. The van der Waals surface area contributed by atoms with E-state index in [1.54, 1.807) is 0 Å². The van der Waals surface area contributed by atoms with E-state index in [0.717, 1.165) is 50.4 Å². The number of hydrogen-bond donors (Lipinski definition) is 1. The summed E-state index contributed by atoms with van der Waals surface area (Å²) in [6.45, 7) is 6.81. The van der Waals surface area contributed by atoms with Crippen LogP contribution in [0.1, 0.15) is 25.3 Å². The highest BCUT2D eigenvalue weighted by Gasteiger charge is 2.14. The van der Waals surface area contributed by atoms with E-state index < -0.39 is 0 Å². The van der Waals surface area contributed by atoms with Crippen molar-refractivity contribution in [3.05, 3.63) is 29.8 Å². The molecule has 116 valence electrons. The first kappa shape index (κ1) is 16.2. The number of ether oxygens (including phenoxy) is 2. The molecule has 0 aromatic heterocycles. The van der Waals surface area contributed by atoms with Gasteiger partial charge in [0.2, 0.25) is 0 Å². The van der Waals surface area contributed by atoms with Gasteiger partial charge in [-0.15, -0.1) is 0 Å². The highest BCUT2D eigenvalue weighted by atomic mass is 32.1. The summed E-state index contributed by atoms with van der Waals surface area (Å²) in [7, 11) is 0. The number of nitrogens with two attached hydrogens (primary N) is 1. The molecule has 4 nitrogen and oxygen atoms in total. The zero-order valence-electron chi connectivity index (χ0n) is 12.6. The maximum atomic E-state index is 5.82. The molecule has 1 aliphatic heterocycles. The van der Waals surface area contributed by atoms with Crippen molar-refractivity contribution in [3.63, 3.8) is 0 Å². The molecule has 1 atom stereocenters. The summed E-state index contributed by atoms with van der Waals surface area (Å²) in [6.07, 6.45) is 2.41. The number of benzene rings is 1. The molecule has 1 fully saturated rings. The van der Waals surface area contributed by atoms with Gasteiger partial charge in [-0.05, 0) is 31.9 Å². The van der Waals surface area contributed by atoms with E-state index in [-0.39, 0.29) is 0 Å². The van der Waals surface area contributed by atoms with Crippen LogP contribution in [-0.4, -0.2) is 48.8 Å². The van der Waals surface area contributed by atoms with Gasteiger partial charge in [0.25, 0.3) is 0 Å². The molecule has 0 amide bonds. The van der Waals surface area contributed by atoms with E-state index in [0.29, 0.717) is 17.7 Å². The van der Waals surface area contributed by atoms with E-state index in [9.17, 15) is 0 Å². The van der Waals surface area contributed by atoms with Crippen molar-refractivity contribution in [1.82, 2.24) is 4.90 Å². The van der Waals surface area contributed by atoms with Crippen LogP contribution in [-0.2, 0) is 4.74 Å². The quantitative estimate of drug-likeness (QED) is 0.645. The Hall–Kier alpha value is -1.17. The first-order valence-corrected chi connectivity index (χ1v) is 7.93. The van der Waals surface area contributed by atoms with Crippen LogP contribution in [0.2, 0.25) is 0 Å². The molecule has 1 aromatic carbocycles. The Morgan fingerprint density at radius 3 is 3.10 bits per heavy atom. The molecule has 0 bridgehead atoms. The van der Waals surface area contributed by atoms with Crippen LogP contribution in [0.25, 0.3) is 0 Å². The molecule has 21 heavy (non-hydrogen) atoms. The fraction of sp³-hybridized carbons (Fsp3) is 0.562. The Morgan fingerprint density at radius 1 is 1.48 bits per heavy atom. The Bertz CT molecular complexity index is 467. The van der Waals surface area contributed by atoms with E-state index in [4.69, 9.17) is 27.4 Å². The zero-order valence-corrected chi connectivity index (χ0v) is 13.4. The Labute approximate surface area is 132 Å². The number of hydrogen-bond acceptors (Lipinski definition) is 4. The number of thiocarbonyl (C=S) groups is 1. The van der Waals surface area contributed by atoms with Gasteiger partial charge in [0, 0.05) is 26.2 Å².